The molecule has 0 saturated heterocycles. The fraction of sp³-hybridized carbons (Fsp3) is 0.348. The third kappa shape index (κ3) is 8.05. The lowest BCUT2D eigenvalue weighted by Crippen LogP contribution is -2.46. The molecule has 0 aliphatic heterocycles. The van der Waals surface area contributed by atoms with Crippen LogP contribution in [0.4, 0.5) is 4.79 Å². The molecule has 160 valence electrons. The maximum Gasteiger partial charge on any atom is 0.407 e. The van der Waals surface area contributed by atoms with Crippen LogP contribution >= 0.6 is 0 Å². The first kappa shape index (κ1) is 23.1. The van der Waals surface area contributed by atoms with Crippen molar-refractivity contribution in [2.45, 2.75) is 38.8 Å². The van der Waals surface area contributed by atoms with Crippen molar-refractivity contribution in [2.75, 3.05) is 6.61 Å². The summed E-state index contributed by atoms with van der Waals surface area (Å²) in [5.41, 5.74) is 7.54. The van der Waals surface area contributed by atoms with Gasteiger partial charge in [-0.2, -0.15) is 0 Å². The SMILES string of the molecule is CC(C)COC(=O)NC(Cc1ccccc1)C(=O)OC(=O)[C@@H](N)Cc1ccccc1. The van der Waals surface area contributed by atoms with Gasteiger partial charge in [-0.05, 0) is 23.5 Å². The van der Waals surface area contributed by atoms with E-state index in [0.29, 0.717) is 0 Å². The van der Waals surface area contributed by atoms with Crippen molar-refractivity contribution in [3.8, 4) is 0 Å². The van der Waals surface area contributed by atoms with Crippen molar-refractivity contribution in [1.29, 1.82) is 0 Å². The molecule has 3 N–H and O–H groups in total. The van der Waals surface area contributed by atoms with Gasteiger partial charge in [-0.1, -0.05) is 74.5 Å². The van der Waals surface area contributed by atoms with E-state index in [2.05, 4.69) is 5.32 Å². The van der Waals surface area contributed by atoms with Crippen molar-refractivity contribution < 1.29 is 23.9 Å². The van der Waals surface area contributed by atoms with Crippen LogP contribution in [0.5, 0.6) is 0 Å². The zero-order valence-electron chi connectivity index (χ0n) is 17.2. The molecule has 0 saturated carbocycles. The first-order valence-corrected chi connectivity index (χ1v) is 9.87. The number of rotatable bonds is 9. The molecular formula is C23H28N2O5. The molecule has 0 spiro atoms. The quantitative estimate of drug-likeness (QED) is 0.484. The van der Waals surface area contributed by atoms with Gasteiger partial charge in [0.1, 0.15) is 12.1 Å². The number of benzene rings is 2. The average Bonchev–Trinajstić information content (AvgIpc) is 2.73. The molecule has 2 aromatic carbocycles. The van der Waals surface area contributed by atoms with E-state index >= 15 is 0 Å². The first-order chi connectivity index (χ1) is 14.3. The largest absolute Gasteiger partial charge is 0.449 e. The molecule has 0 bridgehead atoms. The zero-order valence-corrected chi connectivity index (χ0v) is 17.2. The molecule has 0 aliphatic carbocycles. The molecule has 2 atom stereocenters. The highest BCUT2D eigenvalue weighted by Crippen LogP contribution is 2.08. The van der Waals surface area contributed by atoms with Crippen LogP contribution in [0.2, 0.25) is 0 Å². The summed E-state index contributed by atoms with van der Waals surface area (Å²) in [5.74, 6) is -1.58. The fourth-order valence-electron chi connectivity index (χ4n) is 2.67. The number of carbonyl (C=O) groups excluding carboxylic acids is 3. The van der Waals surface area contributed by atoms with E-state index < -0.39 is 30.1 Å². The minimum Gasteiger partial charge on any atom is -0.449 e. The van der Waals surface area contributed by atoms with E-state index in [0.717, 1.165) is 11.1 Å². The van der Waals surface area contributed by atoms with Gasteiger partial charge in [0.25, 0.3) is 0 Å². The highest BCUT2D eigenvalue weighted by Gasteiger charge is 2.28. The third-order valence-electron chi connectivity index (χ3n) is 4.21. The number of carbonyl (C=O) groups is 3. The molecule has 7 nitrogen and oxygen atoms in total. The van der Waals surface area contributed by atoms with Crippen LogP contribution in [-0.2, 0) is 31.9 Å². The molecule has 0 aromatic heterocycles. The van der Waals surface area contributed by atoms with Gasteiger partial charge >= 0.3 is 18.0 Å². The van der Waals surface area contributed by atoms with Gasteiger partial charge in [-0.3, -0.25) is 0 Å². The second-order valence-corrected chi connectivity index (χ2v) is 7.42. The van der Waals surface area contributed by atoms with Crippen LogP contribution in [0.3, 0.4) is 0 Å². The van der Waals surface area contributed by atoms with Gasteiger partial charge in [0.2, 0.25) is 0 Å². The van der Waals surface area contributed by atoms with Gasteiger partial charge in [0.15, 0.2) is 0 Å². The minimum atomic E-state index is -1.08. The lowest BCUT2D eigenvalue weighted by Gasteiger charge is -2.18. The first-order valence-electron chi connectivity index (χ1n) is 9.87. The molecular weight excluding hydrogens is 384 g/mol. The normalized spacial score (nSPS) is 12.7. The molecule has 0 fully saturated rings. The maximum atomic E-state index is 12.6. The smallest absolute Gasteiger partial charge is 0.407 e. The number of ether oxygens (including phenoxy) is 2. The Morgan fingerprint density at radius 3 is 1.93 bits per heavy atom. The Kier molecular flexibility index (Phi) is 9.03. The summed E-state index contributed by atoms with van der Waals surface area (Å²) < 4.78 is 10.1. The van der Waals surface area contributed by atoms with E-state index in [1.54, 1.807) is 0 Å². The van der Waals surface area contributed by atoms with Crippen molar-refractivity contribution >= 4 is 18.0 Å². The van der Waals surface area contributed by atoms with Gasteiger partial charge in [0, 0.05) is 6.42 Å². The van der Waals surface area contributed by atoms with Crippen LogP contribution in [0.25, 0.3) is 0 Å². The predicted octanol–water partition coefficient (Wildman–Crippen LogP) is 2.62. The standard InChI is InChI=1S/C23H28N2O5/c1-16(2)15-29-23(28)25-20(14-18-11-7-4-8-12-18)22(27)30-21(26)19(24)13-17-9-5-3-6-10-17/h3-12,16,19-20H,13-15,24H2,1-2H3,(H,25,28)/t19-,20?/m0/s1. The number of nitrogens with two attached hydrogens (primary N) is 1. The number of hydrogen-bond acceptors (Lipinski definition) is 6. The van der Waals surface area contributed by atoms with Crippen molar-refractivity contribution in [3.63, 3.8) is 0 Å². The van der Waals surface area contributed by atoms with Gasteiger partial charge in [-0.15, -0.1) is 0 Å². The van der Waals surface area contributed by atoms with Gasteiger partial charge < -0.3 is 20.5 Å². The zero-order chi connectivity index (χ0) is 21.9. The molecule has 1 amide bonds. The van der Waals surface area contributed by atoms with E-state index in [4.69, 9.17) is 15.2 Å². The topological polar surface area (TPSA) is 108 Å². The summed E-state index contributed by atoms with van der Waals surface area (Å²) in [6, 6.07) is 16.2. The van der Waals surface area contributed by atoms with E-state index in [-0.39, 0.29) is 25.4 Å². The monoisotopic (exact) mass is 412 g/mol. The second-order valence-electron chi connectivity index (χ2n) is 7.42. The highest BCUT2D eigenvalue weighted by molar-refractivity contribution is 5.92. The van der Waals surface area contributed by atoms with Crippen LogP contribution in [0.1, 0.15) is 25.0 Å². The molecule has 30 heavy (non-hydrogen) atoms. The van der Waals surface area contributed by atoms with Crippen LogP contribution in [0.15, 0.2) is 60.7 Å². The molecule has 0 aliphatic rings. The Hall–Kier alpha value is -3.19. The Bertz CT molecular complexity index is 824. The summed E-state index contributed by atoms with van der Waals surface area (Å²) in [5, 5.41) is 2.49. The van der Waals surface area contributed by atoms with Gasteiger partial charge in [-0.25, -0.2) is 14.4 Å². The van der Waals surface area contributed by atoms with Crippen molar-refractivity contribution in [3.05, 3.63) is 71.8 Å². The van der Waals surface area contributed by atoms with Crippen molar-refractivity contribution in [2.24, 2.45) is 11.7 Å². The summed E-state index contributed by atoms with van der Waals surface area (Å²) in [6.45, 7) is 4.01. The molecule has 1 unspecified atom stereocenters. The summed E-state index contributed by atoms with van der Waals surface area (Å²) in [6.07, 6.45) is -0.361. The molecule has 7 heteroatoms. The summed E-state index contributed by atoms with van der Waals surface area (Å²) in [7, 11) is 0. The summed E-state index contributed by atoms with van der Waals surface area (Å²) in [4.78, 5) is 37.0. The average molecular weight is 412 g/mol. The molecule has 0 heterocycles. The maximum absolute atomic E-state index is 12.6. The highest BCUT2D eigenvalue weighted by atomic mass is 16.6. The number of hydrogen-bond donors (Lipinski definition) is 2. The number of alkyl carbamates (subject to hydrolysis) is 1. The summed E-state index contributed by atoms with van der Waals surface area (Å²) >= 11 is 0. The Balaban J connectivity index is 2.01. The van der Waals surface area contributed by atoms with Gasteiger partial charge in [0.05, 0.1) is 6.61 Å². The van der Waals surface area contributed by atoms with E-state index in [9.17, 15) is 14.4 Å². The van der Waals surface area contributed by atoms with Crippen LogP contribution < -0.4 is 11.1 Å². The predicted molar refractivity (Wildman–Crippen MR) is 112 cm³/mol. The molecule has 2 aromatic rings. The third-order valence-corrected chi connectivity index (χ3v) is 4.21. The van der Waals surface area contributed by atoms with E-state index in [1.807, 2.05) is 74.5 Å². The Morgan fingerprint density at radius 1 is 0.867 bits per heavy atom. The van der Waals surface area contributed by atoms with Crippen LogP contribution in [0, 0.1) is 5.92 Å². The van der Waals surface area contributed by atoms with Crippen LogP contribution in [-0.4, -0.2) is 36.7 Å². The lowest BCUT2D eigenvalue weighted by atomic mass is 10.1. The van der Waals surface area contributed by atoms with E-state index in [1.165, 1.54) is 0 Å². The second kappa shape index (κ2) is 11.7. The lowest BCUT2D eigenvalue weighted by molar-refractivity contribution is -0.162. The molecule has 0 radical (unpaired) electrons. The van der Waals surface area contributed by atoms with Crippen molar-refractivity contribution in [1.82, 2.24) is 5.32 Å². The minimum absolute atomic E-state index is 0.146. The number of esters is 2. The Morgan fingerprint density at radius 2 is 1.40 bits per heavy atom. The Labute approximate surface area is 176 Å². The number of nitrogens with one attached hydrogen (secondary N) is 1. The molecule has 2 rings (SSSR count). The number of amides is 1. The fourth-order valence-corrected chi connectivity index (χ4v) is 2.67.